The standard InChI is InChI=1S/C22H20N2O4/c1-12-5-6-17(13(2)8-12)23-21(26)16-11-15-18(24-22(16)27)9-14(10-19(15)25)20-4-3-7-28-20/h3-8,11,14H,9-10H2,1-2H3,(H,23,26)(H,24,27)/t14-/m1/s1. The molecule has 2 heterocycles. The predicted octanol–water partition coefficient (Wildman–Crippen LogP) is 3.75. The number of rotatable bonds is 3. The average Bonchev–Trinajstić information content (AvgIpc) is 3.18. The number of carbonyl (C=O) groups is 2. The van der Waals surface area contributed by atoms with Crippen molar-refractivity contribution in [1.29, 1.82) is 0 Å². The summed E-state index contributed by atoms with van der Waals surface area (Å²) >= 11 is 0. The Hall–Kier alpha value is -3.41. The molecule has 3 aromatic rings. The van der Waals surface area contributed by atoms with Crippen LogP contribution >= 0.6 is 0 Å². The summed E-state index contributed by atoms with van der Waals surface area (Å²) in [7, 11) is 0. The number of H-pyrrole nitrogens is 1. The number of fused-ring (bicyclic) bond motifs is 1. The van der Waals surface area contributed by atoms with Crippen LogP contribution in [0.15, 0.2) is 51.9 Å². The van der Waals surface area contributed by atoms with Gasteiger partial charge in [0.2, 0.25) is 0 Å². The van der Waals surface area contributed by atoms with Crippen molar-refractivity contribution in [2.45, 2.75) is 32.6 Å². The second-order valence-corrected chi connectivity index (χ2v) is 7.22. The van der Waals surface area contributed by atoms with Gasteiger partial charge in [-0.05, 0) is 50.1 Å². The molecule has 1 atom stereocenters. The molecule has 2 N–H and O–H groups in total. The number of amides is 1. The van der Waals surface area contributed by atoms with Crippen LogP contribution in [0.3, 0.4) is 0 Å². The van der Waals surface area contributed by atoms with Gasteiger partial charge in [0.15, 0.2) is 5.78 Å². The summed E-state index contributed by atoms with van der Waals surface area (Å²) in [5, 5.41) is 2.76. The molecular formula is C22H20N2O4. The predicted molar refractivity (Wildman–Crippen MR) is 105 cm³/mol. The maximum atomic E-state index is 12.7. The Labute approximate surface area is 161 Å². The molecule has 1 aliphatic rings. The van der Waals surface area contributed by atoms with Gasteiger partial charge in [-0.15, -0.1) is 0 Å². The van der Waals surface area contributed by atoms with E-state index in [0.29, 0.717) is 23.4 Å². The van der Waals surface area contributed by atoms with Gasteiger partial charge in [-0.3, -0.25) is 14.4 Å². The lowest BCUT2D eigenvalue weighted by atomic mass is 9.84. The van der Waals surface area contributed by atoms with Crippen LogP contribution < -0.4 is 10.9 Å². The van der Waals surface area contributed by atoms with E-state index in [1.807, 2.05) is 32.0 Å². The lowest BCUT2D eigenvalue weighted by Crippen LogP contribution is -2.29. The quantitative estimate of drug-likeness (QED) is 0.728. The van der Waals surface area contributed by atoms with Crippen LogP contribution in [0.25, 0.3) is 0 Å². The highest BCUT2D eigenvalue weighted by molar-refractivity contribution is 6.07. The number of hydrogen-bond acceptors (Lipinski definition) is 4. The van der Waals surface area contributed by atoms with E-state index in [4.69, 9.17) is 4.42 Å². The molecule has 0 radical (unpaired) electrons. The van der Waals surface area contributed by atoms with Gasteiger partial charge in [0.05, 0.1) is 6.26 Å². The van der Waals surface area contributed by atoms with Gasteiger partial charge in [-0.25, -0.2) is 0 Å². The first kappa shape index (κ1) is 18.0. The zero-order valence-electron chi connectivity index (χ0n) is 15.7. The van der Waals surface area contributed by atoms with Crippen LogP contribution in [0, 0.1) is 13.8 Å². The summed E-state index contributed by atoms with van der Waals surface area (Å²) in [5.74, 6) is -0.0338. The van der Waals surface area contributed by atoms with Gasteiger partial charge >= 0.3 is 0 Å². The number of nitrogens with one attached hydrogen (secondary N) is 2. The molecule has 6 heteroatoms. The fourth-order valence-electron chi connectivity index (χ4n) is 3.67. The van der Waals surface area contributed by atoms with E-state index in [-0.39, 0.29) is 23.7 Å². The fourth-order valence-corrected chi connectivity index (χ4v) is 3.67. The second-order valence-electron chi connectivity index (χ2n) is 7.22. The highest BCUT2D eigenvalue weighted by Crippen LogP contribution is 2.31. The van der Waals surface area contributed by atoms with Gasteiger partial charge in [-0.2, -0.15) is 0 Å². The van der Waals surface area contributed by atoms with E-state index >= 15 is 0 Å². The third kappa shape index (κ3) is 3.29. The van der Waals surface area contributed by atoms with E-state index < -0.39 is 11.5 Å². The molecule has 0 saturated carbocycles. The van der Waals surface area contributed by atoms with Crippen molar-refractivity contribution in [3.63, 3.8) is 0 Å². The van der Waals surface area contributed by atoms with Crippen molar-refractivity contribution >= 4 is 17.4 Å². The molecule has 142 valence electrons. The van der Waals surface area contributed by atoms with E-state index in [2.05, 4.69) is 10.3 Å². The molecule has 0 saturated heterocycles. The largest absolute Gasteiger partial charge is 0.469 e. The van der Waals surface area contributed by atoms with E-state index in [1.54, 1.807) is 18.4 Å². The minimum absolute atomic E-state index is 0.0662. The van der Waals surface area contributed by atoms with Crippen molar-refractivity contribution < 1.29 is 14.0 Å². The molecule has 6 nitrogen and oxygen atoms in total. The lowest BCUT2D eigenvalue weighted by molar-refractivity contribution is 0.0959. The molecule has 0 spiro atoms. The van der Waals surface area contributed by atoms with Gasteiger partial charge in [0.25, 0.3) is 11.5 Å². The van der Waals surface area contributed by atoms with Crippen LogP contribution in [-0.2, 0) is 6.42 Å². The summed E-state index contributed by atoms with van der Waals surface area (Å²) < 4.78 is 5.41. The zero-order valence-corrected chi connectivity index (χ0v) is 15.7. The minimum Gasteiger partial charge on any atom is -0.469 e. The molecule has 2 aromatic heterocycles. The number of pyridine rings is 1. The molecule has 28 heavy (non-hydrogen) atoms. The number of benzene rings is 1. The average molecular weight is 376 g/mol. The third-order valence-corrected chi connectivity index (χ3v) is 5.13. The minimum atomic E-state index is -0.531. The number of furan rings is 1. The monoisotopic (exact) mass is 376 g/mol. The number of aromatic amines is 1. The van der Waals surface area contributed by atoms with Crippen LogP contribution in [0.5, 0.6) is 0 Å². The first-order valence-electron chi connectivity index (χ1n) is 9.14. The Bertz CT molecular complexity index is 1130. The molecule has 0 bridgehead atoms. The van der Waals surface area contributed by atoms with Crippen molar-refractivity contribution in [3.05, 3.63) is 86.7 Å². The Morgan fingerprint density at radius 1 is 1.14 bits per heavy atom. The second kappa shape index (κ2) is 6.96. The zero-order chi connectivity index (χ0) is 19.8. The molecule has 1 amide bonds. The van der Waals surface area contributed by atoms with E-state index in [9.17, 15) is 14.4 Å². The maximum absolute atomic E-state index is 12.7. The Balaban J connectivity index is 1.64. The highest BCUT2D eigenvalue weighted by Gasteiger charge is 2.30. The fraction of sp³-hybridized carbons (Fsp3) is 0.227. The number of hydrogen-bond donors (Lipinski definition) is 2. The van der Waals surface area contributed by atoms with E-state index in [1.165, 1.54) is 6.07 Å². The normalized spacial score (nSPS) is 15.9. The summed E-state index contributed by atoms with van der Waals surface area (Å²) in [6.07, 6.45) is 2.34. The number of aromatic nitrogens is 1. The van der Waals surface area contributed by atoms with Crippen molar-refractivity contribution in [1.82, 2.24) is 4.98 Å². The topological polar surface area (TPSA) is 92.2 Å². The van der Waals surface area contributed by atoms with Gasteiger partial charge < -0.3 is 14.7 Å². The SMILES string of the molecule is Cc1ccc(NC(=O)c2cc3c([nH]c2=O)C[C@@H](c2ccco2)CC3=O)c(C)c1. The number of carbonyl (C=O) groups excluding carboxylic acids is 2. The Morgan fingerprint density at radius 2 is 1.96 bits per heavy atom. The Morgan fingerprint density at radius 3 is 2.68 bits per heavy atom. The number of ketones is 1. The lowest BCUT2D eigenvalue weighted by Gasteiger charge is -2.22. The van der Waals surface area contributed by atoms with Crippen LogP contribution in [0.4, 0.5) is 5.69 Å². The molecule has 0 unspecified atom stereocenters. The van der Waals surface area contributed by atoms with Gasteiger partial charge in [0.1, 0.15) is 11.3 Å². The first-order chi connectivity index (χ1) is 13.4. The smallest absolute Gasteiger partial charge is 0.261 e. The molecule has 0 aliphatic heterocycles. The van der Waals surface area contributed by atoms with Gasteiger partial charge in [0, 0.05) is 29.3 Å². The van der Waals surface area contributed by atoms with Gasteiger partial charge in [-0.1, -0.05) is 17.7 Å². The van der Waals surface area contributed by atoms with E-state index in [0.717, 1.165) is 16.9 Å². The van der Waals surface area contributed by atoms with Crippen molar-refractivity contribution in [3.8, 4) is 0 Å². The molecule has 1 aromatic carbocycles. The number of Topliss-reactive ketones (excluding diaryl/α,β-unsaturated/α-hetero) is 1. The summed E-state index contributed by atoms with van der Waals surface area (Å²) in [6.45, 7) is 3.85. The van der Waals surface area contributed by atoms with Crippen LogP contribution in [0.1, 0.15) is 55.6 Å². The molecular weight excluding hydrogens is 356 g/mol. The van der Waals surface area contributed by atoms with Crippen LogP contribution in [0.2, 0.25) is 0 Å². The maximum Gasteiger partial charge on any atom is 0.261 e. The number of aryl methyl sites for hydroxylation is 2. The summed E-state index contributed by atoms with van der Waals surface area (Å²) in [4.78, 5) is 40.5. The number of anilines is 1. The molecule has 1 aliphatic carbocycles. The molecule has 4 rings (SSSR count). The highest BCUT2D eigenvalue weighted by atomic mass is 16.3. The Kier molecular flexibility index (Phi) is 4.47. The van der Waals surface area contributed by atoms with Crippen LogP contribution in [-0.4, -0.2) is 16.7 Å². The van der Waals surface area contributed by atoms with Crippen molar-refractivity contribution in [2.24, 2.45) is 0 Å². The van der Waals surface area contributed by atoms with Crippen molar-refractivity contribution in [2.75, 3.05) is 5.32 Å². The first-order valence-corrected chi connectivity index (χ1v) is 9.14. The molecule has 0 fully saturated rings. The summed E-state index contributed by atoms with van der Waals surface area (Å²) in [5.41, 5.74) is 2.99. The third-order valence-electron chi connectivity index (χ3n) is 5.13. The summed E-state index contributed by atoms with van der Waals surface area (Å²) in [6, 6.07) is 10.6.